The molecule has 3 fully saturated rings. The number of likely N-dealkylation sites (tertiary alicyclic amines) is 1. The Morgan fingerprint density at radius 3 is 2.76 bits per heavy atom. The van der Waals surface area contributed by atoms with Crippen LogP contribution in [0.1, 0.15) is 23.6 Å². The summed E-state index contributed by atoms with van der Waals surface area (Å²) in [4.78, 5) is 11.9. The summed E-state index contributed by atoms with van der Waals surface area (Å²) in [6.45, 7) is 8.62. The molecule has 0 unspecified atom stereocenters. The monoisotopic (exact) mass is 552 g/mol. The van der Waals surface area contributed by atoms with Gasteiger partial charge in [-0.1, -0.05) is 12.1 Å². The lowest BCUT2D eigenvalue weighted by Crippen LogP contribution is -2.62. The predicted octanol–water partition coefficient (Wildman–Crippen LogP) is 0.862. The van der Waals surface area contributed by atoms with Gasteiger partial charge in [0.25, 0.3) is 0 Å². The van der Waals surface area contributed by atoms with Crippen LogP contribution in [0, 0.1) is 11.3 Å². The Hall–Kier alpha value is -3.20. The van der Waals surface area contributed by atoms with Crippen LogP contribution < -0.4 is 21.1 Å². The largest absolute Gasteiger partial charge is 0.378 e. The van der Waals surface area contributed by atoms with Crippen molar-refractivity contribution < 1.29 is 14.2 Å². The Morgan fingerprint density at radius 2 is 1.98 bits per heavy atom. The van der Waals surface area contributed by atoms with Gasteiger partial charge in [0.05, 0.1) is 42.0 Å². The molecule has 3 saturated heterocycles. The lowest BCUT2D eigenvalue weighted by atomic mass is 9.85. The summed E-state index contributed by atoms with van der Waals surface area (Å²) < 4.78 is 18.4. The van der Waals surface area contributed by atoms with E-state index in [-0.39, 0.29) is 30.0 Å². The second-order valence-corrected chi connectivity index (χ2v) is 12.2. The van der Waals surface area contributed by atoms with Crippen molar-refractivity contribution in [3.63, 3.8) is 0 Å². The summed E-state index contributed by atoms with van der Waals surface area (Å²) in [5.41, 5.74) is 13.2. The number of rotatable bonds is 5. The molecule has 0 bridgehead atoms. The molecule has 5 heterocycles. The Kier molecular flexibility index (Phi) is 6.68. The second kappa shape index (κ2) is 10.3. The molecule has 3 aromatic rings. The number of nitrogens with two attached hydrogens (primary N) is 1. The molecule has 212 valence electrons. The highest BCUT2D eigenvalue weighted by atomic mass is 16.5. The van der Waals surface area contributed by atoms with E-state index in [2.05, 4.69) is 58.0 Å². The SMILES string of the molecule is Bc1ccc2c(N3C[C@H](CN4CC5(C4)OCc4cc(N6C[C@@H](N)[C@H](OC)C6)ccc45)O[C@H](C)C3)ccc(C#N)c2n1. The van der Waals surface area contributed by atoms with Gasteiger partial charge >= 0.3 is 0 Å². The minimum atomic E-state index is -0.225. The lowest BCUT2D eigenvalue weighted by Gasteiger charge is -2.50. The molecule has 9 nitrogen and oxygen atoms in total. The molecule has 2 N–H and O–H groups in total. The zero-order chi connectivity index (χ0) is 28.3. The van der Waals surface area contributed by atoms with Crippen LogP contribution in [0.5, 0.6) is 0 Å². The maximum absolute atomic E-state index is 9.63. The quantitative estimate of drug-likeness (QED) is 0.462. The third-order valence-electron chi connectivity index (χ3n) is 9.24. The molecule has 1 spiro atoms. The van der Waals surface area contributed by atoms with Crippen LogP contribution in [0.2, 0.25) is 0 Å². The van der Waals surface area contributed by atoms with Crippen LogP contribution in [-0.2, 0) is 26.4 Å². The summed E-state index contributed by atoms with van der Waals surface area (Å²) in [6, 6.07) is 17.2. The molecular weight excluding hydrogens is 515 g/mol. The number of hydrogen-bond acceptors (Lipinski definition) is 9. The number of hydrogen-bond donors (Lipinski definition) is 1. The fourth-order valence-corrected chi connectivity index (χ4v) is 7.26. The Labute approximate surface area is 242 Å². The van der Waals surface area contributed by atoms with E-state index >= 15 is 0 Å². The zero-order valence-corrected chi connectivity index (χ0v) is 24.0. The van der Waals surface area contributed by atoms with Gasteiger partial charge in [-0.05, 0) is 54.0 Å². The van der Waals surface area contributed by atoms with Gasteiger partial charge in [0, 0.05) is 69.7 Å². The summed E-state index contributed by atoms with van der Waals surface area (Å²) in [7, 11) is 3.70. The minimum Gasteiger partial charge on any atom is -0.378 e. The number of aromatic nitrogens is 1. The summed E-state index contributed by atoms with van der Waals surface area (Å²) >= 11 is 0. The highest BCUT2D eigenvalue weighted by Gasteiger charge is 2.50. The van der Waals surface area contributed by atoms with Gasteiger partial charge in [-0.3, -0.25) is 9.88 Å². The molecule has 2 aromatic carbocycles. The number of anilines is 2. The summed E-state index contributed by atoms with van der Waals surface area (Å²) in [5, 5.41) is 10.7. The van der Waals surface area contributed by atoms with Gasteiger partial charge in [0.15, 0.2) is 7.85 Å². The van der Waals surface area contributed by atoms with Gasteiger partial charge in [-0.25, -0.2) is 0 Å². The Morgan fingerprint density at radius 1 is 1.12 bits per heavy atom. The number of pyridine rings is 1. The lowest BCUT2D eigenvalue weighted by molar-refractivity contribution is -0.155. The molecule has 4 atom stereocenters. The molecule has 0 saturated carbocycles. The van der Waals surface area contributed by atoms with Crippen molar-refractivity contribution in [1.82, 2.24) is 9.88 Å². The molecule has 7 rings (SSSR count). The van der Waals surface area contributed by atoms with E-state index in [1.54, 1.807) is 7.11 Å². The first-order valence-corrected chi connectivity index (χ1v) is 14.6. The maximum Gasteiger partial charge on any atom is 0.163 e. The number of ether oxygens (including phenoxy) is 3. The number of benzene rings is 2. The van der Waals surface area contributed by atoms with Crippen LogP contribution in [0.25, 0.3) is 10.9 Å². The molecule has 0 radical (unpaired) electrons. The third-order valence-corrected chi connectivity index (χ3v) is 9.24. The first kappa shape index (κ1) is 26.7. The molecule has 0 aliphatic carbocycles. The van der Waals surface area contributed by atoms with Gasteiger partial charge in [0.1, 0.15) is 11.7 Å². The Bertz CT molecular complexity index is 1520. The summed E-state index contributed by atoms with van der Waals surface area (Å²) in [5.74, 6) is 0. The van der Waals surface area contributed by atoms with Crippen molar-refractivity contribution in [2.75, 3.05) is 62.7 Å². The second-order valence-electron chi connectivity index (χ2n) is 12.2. The Balaban J connectivity index is 1.03. The van der Waals surface area contributed by atoms with Crippen molar-refractivity contribution in [1.29, 1.82) is 5.26 Å². The van der Waals surface area contributed by atoms with Crippen LogP contribution >= 0.6 is 0 Å². The standard InChI is InChI=1S/C31H37BN6O3/c1-19-11-38(27-7-3-20(10-33)30-24(27)5-8-29(32)35-30)13-23(41-19)12-36-17-31(18-36)25-6-4-22(9-21(25)16-40-31)37-14-26(34)28(15-37)39-2/h3-9,19,23,26,28H,11-18,32,34H2,1-2H3/t19-,23+,26-,28-/m1/s1. The van der Waals surface area contributed by atoms with Crippen LogP contribution in [-0.4, -0.2) is 95.0 Å². The van der Waals surface area contributed by atoms with Crippen LogP contribution in [0.3, 0.4) is 0 Å². The molecule has 1 aromatic heterocycles. The normalized spacial score (nSPS) is 27.3. The fourth-order valence-electron chi connectivity index (χ4n) is 7.26. The topological polar surface area (TPSA) is 100 Å². The van der Waals surface area contributed by atoms with Crippen molar-refractivity contribution >= 4 is 35.7 Å². The number of methoxy groups -OCH3 is 1. The van der Waals surface area contributed by atoms with E-state index in [0.29, 0.717) is 12.2 Å². The van der Waals surface area contributed by atoms with E-state index < -0.39 is 0 Å². The van der Waals surface area contributed by atoms with E-state index in [1.807, 2.05) is 20.0 Å². The zero-order valence-electron chi connectivity index (χ0n) is 24.0. The molecule has 10 heteroatoms. The van der Waals surface area contributed by atoms with Gasteiger partial charge < -0.3 is 29.7 Å². The number of nitriles is 1. The molecule has 4 aliphatic heterocycles. The van der Waals surface area contributed by atoms with Gasteiger partial charge in [0.2, 0.25) is 0 Å². The van der Waals surface area contributed by atoms with Crippen molar-refractivity contribution in [3.05, 3.63) is 59.2 Å². The van der Waals surface area contributed by atoms with Crippen molar-refractivity contribution in [3.8, 4) is 6.07 Å². The number of fused-ring (bicyclic) bond motifs is 3. The van der Waals surface area contributed by atoms with Gasteiger partial charge in [-0.2, -0.15) is 5.26 Å². The smallest absolute Gasteiger partial charge is 0.163 e. The number of morpholine rings is 1. The van der Waals surface area contributed by atoms with Gasteiger partial charge in [-0.15, -0.1) is 0 Å². The van der Waals surface area contributed by atoms with Crippen LogP contribution in [0.4, 0.5) is 11.4 Å². The van der Waals surface area contributed by atoms with E-state index in [9.17, 15) is 5.26 Å². The van der Waals surface area contributed by atoms with Crippen molar-refractivity contribution in [2.24, 2.45) is 5.73 Å². The first-order chi connectivity index (χ1) is 19.9. The minimum absolute atomic E-state index is 0.0354. The fraction of sp³-hybridized carbons (Fsp3) is 0.484. The highest BCUT2D eigenvalue weighted by Crippen LogP contribution is 2.45. The highest BCUT2D eigenvalue weighted by molar-refractivity contribution is 6.31. The average Bonchev–Trinajstić information content (AvgIpc) is 3.52. The third kappa shape index (κ3) is 4.66. The molecular formula is C31H37BN6O3. The molecule has 0 amide bonds. The van der Waals surface area contributed by atoms with E-state index in [0.717, 1.165) is 68.0 Å². The average molecular weight is 552 g/mol. The first-order valence-electron chi connectivity index (χ1n) is 14.6. The number of nitrogens with zero attached hydrogens (tertiary/aromatic N) is 5. The maximum atomic E-state index is 9.63. The van der Waals surface area contributed by atoms with E-state index in [4.69, 9.17) is 24.9 Å². The molecule has 41 heavy (non-hydrogen) atoms. The molecule has 4 aliphatic rings. The van der Waals surface area contributed by atoms with E-state index in [1.165, 1.54) is 16.8 Å². The van der Waals surface area contributed by atoms with Crippen LogP contribution in [0.15, 0.2) is 42.5 Å². The summed E-state index contributed by atoms with van der Waals surface area (Å²) in [6.07, 6.45) is 0.256. The van der Waals surface area contributed by atoms with Crippen molar-refractivity contribution in [2.45, 2.75) is 43.5 Å². The predicted molar refractivity (Wildman–Crippen MR) is 162 cm³/mol.